The third-order valence-corrected chi connectivity index (χ3v) is 5.28. The van der Waals surface area contributed by atoms with Crippen molar-refractivity contribution in [3.8, 4) is 11.5 Å². The van der Waals surface area contributed by atoms with E-state index in [0.717, 1.165) is 16.9 Å². The summed E-state index contributed by atoms with van der Waals surface area (Å²) in [5.41, 5.74) is 1.97. The van der Waals surface area contributed by atoms with Crippen molar-refractivity contribution in [1.82, 2.24) is 20.8 Å². The van der Waals surface area contributed by atoms with Gasteiger partial charge in [0.05, 0.1) is 6.61 Å². The zero-order chi connectivity index (χ0) is 24.6. The highest BCUT2D eigenvalue weighted by Gasteiger charge is 2.23. The number of carbonyl (C=O) groups is 2. The summed E-state index contributed by atoms with van der Waals surface area (Å²) in [5, 5.41) is 16.9. The molecule has 2 aromatic carbocycles. The van der Waals surface area contributed by atoms with E-state index in [1.807, 2.05) is 48.5 Å². The van der Waals surface area contributed by atoms with Crippen molar-refractivity contribution in [3.63, 3.8) is 0 Å². The maximum absolute atomic E-state index is 11.5. The number of nitrogens with zero attached hydrogens (tertiary/aromatic N) is 2. The predicted molar refractivity (Wildman–Crippen MR) is 123 cm³/mol. The molecule has 3 aromatic rings. The number of amides is 2. The van der Waals surface area contributed by atoms with Gasteiger partial charge in [0.25, 0.3) is 17.6 Å². The van der Waals surface area contributed by atoms with Crippen molar-refractivity contribution < 1.29 is 28.7 Å². The molecule has 1 aromatic heterocycles. The molecule has 0 radical (unpaired) electrons. The van der Waals surface area contributed by atoms with Crippen LogP contribution in [0, 0.1) is 0 Å². The average Bonchev–Trinajstić information content (AvgIpc) is 3.31. The molecule has 0 fully saturated rings. The SMILES string of the molecule is CNC(=O)c1noc(COc2ccc(C(C)(C)c3ccc(OCCCNC(=O)O)cc3)cc2)n1. The smallest absolute Gasteiger partial charge is 0.404 e. The van der Waals surface area contributed by atoms with E-state index in [1.54, 1.807) is 0 Å². The molecule has 0 spiro atoms. The summed E-state index contributed by atoms with van der Waals surface area (Å²) in [6.45, 7) is 5.11. The number of carbonyl (C=O) groups excluding carboxylic acids is 1. The number of ether oxygens (including phenoxy) is 2. The second-order valence-electron chi connectivity index (χ2n) is 7.99. The summed E-state index contributed by atoms with van der Waals surface area (Å²) in [6, 6.07) is 15.6. The van der Waals surface area contributed by atoms with Gasteiger partial charge in [-0.3, -0.25) is 4.79 Å². The molecule has 0 aliphatic carbocycles. The highest BCUT2D eigenvalue weighted by molar-refractivity contribution is 5.89. The summed E-state index contributed by atoms with van der Waals surface area (Å²) in [6.07, 6.45) is -0.440. The first-order valence-electron chi connectivity index (χ1n) is 10.8. The lowest BCUT2D eigenvalue weighted by molar-refractivity contribution is 0.0949. The topological polar surface area (TPSA) is 136 Å². The minimum atomic E-state index is -1.03. The Hall–Kier alpha value is -4.08. The maximum Gasteiger partial charge on any atom is 0.404 e. The van der Waals surface area contributed by atoms with Crippen LogP contribution >= 0.6 is 0 Å². The first-order chi connectivity index (χ1) is 16.3. The Morgan fingerprint density at radius 3 is 2.15 bits per heavy atom. The van der Waals surface area contributed by atoms with E-state index in [4.69, 9.17) is 19.1 Å². The second kappa shape index (κ2) is 11.2. The number of rotatable bonds is 11. The van der Waals surface area contributed by atoms with Gasteiger partial charge in [-0.25, -0.2) is 4.79 Å². The van der Waals surface area contributed by atoms with Gasteiger partial charge in [-0.05, 0) is 41.8 Å². The molecule has 0 aliphatic heterocycles. The molecule has 34 heavy (non-hydrogen) atoms. The minimum Gasteiger partial charge on any atom is -0.494 e. The van der Waals surface area contributed by atoms with Gasteiger partial charge in [-0.1, -0.05) is 43.3 Å². The van der Waals surface area contributed by atoms with Crippen LogP contribution in [0.2, 0.25) is 0 Å². The number of nitrogens with one attached hydrogen (secondary N) is 2. The van der Waals surface area contributed by atoms with Gasteiger partial charge in [0, 0.05) is 19.0 Å². The van der Waals surface area contributed by atoms with Crippen LogP contribution in [0.5, 0.6) is 11.5 Å². The second-order valence-corrected chi connectivity index (χ2v) is 7.99. The van der Waals surface area contributed by atoms with Crippen molar-refractivity contribution in [3.05, 3.63) is 71.4 Å². The van der Waals surface area contributed by atoms with Gasteiger partial charge in [0.1, 0.15) is 11.5 Å². The van der Waals surface area contributed by atoms with Crippen LogP contribution in [0.1, 0.15) is 47.9 Å². The monoisotopic (exact) mass is 468 g/mol. The maximum atomic E-state index is 11.5. The fourth-order valence-electron chi connectivity index (χ4n) is 3.22. The van der Waals surface area contributed by atoms with E-state index in [0.29, 0.717) is 25.3 Å². The highest BCUT2D eigenvalue weighted by Crippen LogP contribution is 2.33. The zero-order valence-electron chi connectivity index (χ0n) is 19.3. The lowest BCUT2D eigenvalue weighted by Gasteiger charge is -2.26. The van der Waals surface area contributed by atoms with E-state index in [2.05, 4.69) is 34.6 Å². The molecular weight excluding hydrogens is 440 g/mol. The molecule has 2 amide bonds. The summed E-state index contributed by atoms with van der Waals surface area (Å²) in [5.74, 6) is 1.13. The van der Waals surface area contributed by atoms with Crippen LogP contribution in [0.15, 0.2) is 53.1 Å². The number of hydrogen-bond donors (Lipinski definition) is 3. The normalized spacial score (nSPS) is 11.0. The Balaban J connectivity index is 1.55. The predicted octanol–water partition coefficient (Wildman–Crippen LogP) is 3.37. The first-order valence-corrected chi connectivity index (χ1v) is 10.8. The van der Waals surface area contributed by atoms with E-state index < -0.39 is 12.0 Å². The molecule has 180 valence electrons. The molecule has 0 unspecified atom stereocenters. The molecule has 1 heterocycles. The largest absolute Gasteiger partial charge is 0.494 e. The number of aromatic nitrogens is 2. The Kier molecular flexibility index (Phi) is 8.07. The van der Waals surface area contributed by atoms with Crippen LogP contribution in [0.3, 0.4) is 0 Å². The van der Waals surface area contributed by atoms with E-state index in [1.165, 1.54) is 7.05 Å². The molecule has 3 rings (SSSR count). The molecule has 0 bridgehead atoms. The summed E-state index contributed by atoms with van der Waals surface area (Å²) in [4.78, 5) is 25.9. The van der Waals surface area contributed by atoms with Crippen LogP contribution < -0.4 is 20.1 Å². The Morgan fingerprint density at radius 1 is 1.00 bits per heavy atom. The Labute approximate surface area is 197 Å². The summed E-state index contributed by atoms with van der Waals surface area (Å²) >= 11 is 0. The standard InChI is InChI=1S/C24H28N4O6/c1-24(2,16-5-9-18(10-6-16)32-14-4-13-26-23(30)31)17-7-11-19(12-8-17)33-15-20-27-21(28-34-20)22(29)25-3/h5-12,26H,4,13-15H2,1-3H3,(H,25,29)(H,30,31). The van der Waals surface area contributed by atoms with Gasteiger partial charge in [-0.15, -0.1) is 0 Å². The molecule has 3 N–H and O–H groups in total. The van der Waals surface area contributed by atoms with Crippen molar-refractivity contribution in [2.45, 2.75) is 32.3 Å². The zero-order valence-corrected chi connectivity index (χ0v) is 19.3. The minimum absolute atomic E-state index is 0.0372. The average molecular weight is 469 g/mol. The lowest BCUT2D eigenvalue weighted by atomic mass is 9.78. The fourth-order valence-corrected chi connectivity index (χ4v) is 3.22. The summed E-state index contributed by atoms with van der Waals surface area (Å²) < 4.78 is 16.4. The molecule has 0 saturated heterocycles. The molecule has 0 atom stereocenters. The molecule has 10 heteroatoms. The van der Waals surface area contributed by atoms with E-state index >= 15 is 0 Å². The molecule has 0 saturated carbocycles. The molecule has 0 aliphatic rings. The van der Waals surface area contributed by atoms with Crippen molar-refractivity contribution >= 4 is 12.0 Å². The Bertz CT molecular complexity index is 1090. The molecule has 10 nitrogen and oxygen atoms in total. The van der Waals surface area contributed by atoms with Gasteiger partial charge in [0.2, 0.25) is 0 Å². The van der Waals surface area contributed by atoms with E-state index in [9.17, 15) is 9.59 Å². The van der Waals surface area contributed by atoms with Gasteiger partial charge in [0.15, 0.2) is 6.61 Å². The quantitative estimate of drug-likeness (QED) is 0.365. The van der Waals surface area contributed by atoms with Crippen LogP contribution in [0.25, 0.3) is 0 Å². The van der Waals surface area contributed by atoms with Crippen LogP contribution in [0.4, 0.5) is 4.79 Å². The van der Waals surface area contributed by atoms with E-state index in [-0.39, 0.29) is 23.7 Å². The van der Waals surface area contributed by atoms with Crippen molar-refractivity contribution in [1.29, 1.82) is 0 Å². The summed E-state index contributed by atoms with van der Waals surface area (Å²) in [7, 11) is 1.49. The number of hydrogen-bond acceptors (Lipinski definition) is 7. The third kappa shape index (κ3) is 6.47. The van der Waals surface area contributed by atoms with Gasteiger partial charge < -0.3 is 29.7 Å². The number of benzene rings is 2. The van der Waals surface area contributed by atoms with Crippen LogP contribution in [-0.2, 0) is 12.0 Å². The highest BCUT2D eigenvalue weighted by atomic mass is 16.5. The molecular formula is C24H28N4O6. The van der Waals surface area contributed by atoms with Crippen LogP contribution in [-0.4, -0.2) is 47.4 Å². The Morgan fingerprint density at radius 2 is 1.59 bits per heavy atom. The van der Waals surface area contributed by atoms with Crippen molar-refractivity contribution in [2.24, 2.45) is 0 Å². The van der Waals surface area contributed by atoms with Gasteiger partial charge in [-0.2, -0.15) is 4.98 Å². The fraction of sp³-hybridized carbons (Fsp3) is 0.333. The number of carboxylic acid groups (broad SMARTS) is 1. The van der Waals surface area contributed by atoms with Crippen molar-refractivity contribution in [2.75, 3.05) is 20.2 Å². The van der Waals surface area contributed by atoms with Gasteiger partial charge >= 0.3 is 6.09 Å². The third-order valence-electron chi connectivity index (χ3n) is 5.28. The lowest BCUT2D eigenvalue weighted by Crippen LogP contribution is -2.23. The first kappa shape index (κ1) is 24.6.